The summed E-state index contributed by atoms with van der Waals surface area (Å²) in [5, 5.41) is 8.81. The summed E-state index contributed by atoms with van der Waals surface area (Å²) < 4.78 is 22.1. The highest BCUT2D eigenvalue weighted by Gasteiger charge is 2.43. The molecule has 0 spiro atoms. The first kappa shape index (κ1) is 18.1. The van der Waals surface area contributed by atoms with E-state index in [0.29, 0.717) is 12.1 Å². The van der Waals surface area contributed by atoms with Gasteiger partial charge in [0.15, 0.2) is 9.84 Å². The van der Waals surface area contributed by atoms with Crippen LogP contribution in [0.3, 0.4) is 0 Å². The van der Waals surface area contributed by atoms with Crippen LogP contribution in [0.1, 0.15) is 19.0 Å². The van der Waals surface area contributed by atoms with Gasteiger partial charge in [0, 0.05) is 23.7 Å². The lowest BCUT2D eigenvalue weighted by Crippen LogP contribution is -2.49. The van der Waals surface area contributed by atoms with Crippen LogP contribution in [0.15, 0.2) is 48.7 Å². The summed E-state index contributed by atoms with van der Waals surface area (Å²) in [6.45, 7) is 1.30. The van der Waals surface area contributed by atoms with Gasteiger partial charge in [0.1, 0.15) is 4.75 Å². The van der Waals surface area contributed by atoms with Gasteiger partial charge >= 0.3 is 0 Å². The third-order valence-electron chi connectivity index (χ3n) is 4.19. The highest BCUT2D eigenvalue weighted by Crippen LogP contribution is 2.24. The number of nitrogens with one attached hydrogen (secondary N) is 1. The number of hydroxylamine groups is 1. The Labute approximate surface area is 141 Å². The molecule has 2 N–H and O–H groups in total. The number of carbonyl (C=O) groups is 1. The van der Waals surface area contributed by atoms with Gasteiger partial charge in [-0.1, -0.05) is 36.4 Å². The van der Waals surface area contributed by atoms with E-state index >= 15 is 0 Å². The maximum atomic E-state index is 11.9. The summed E-state index contributed by atoms with van der Waals surface area (Å²) in [5.41, 5.74) is 4.11. The summed E-state index contributed by atoms with van der Waals surface area (Å²) >= 11 is 0. The van der Waals surface area contributed by atoms with E-state index in [1.54, 1.807) is 6.20 Å². The molecule has 0 aliphatic carbocycles. The first-order valence-corrected chi connectivity index (χ1v) is 9.31. The molecule has 2 aromatic rings. The molecule has 2 rings (SSSR count). The minimum Gasteiger partial charge on any atom is -0.289 e. The SMILES string of the molecule is C[C@](CCc1ccc(-c2ccccc2)cn1)(C(=O)NO)S(C)(=O)=O. The lowest BCUT2D eigenvalue weighted by atomic mass is 10.0. The van der Waals surface area contributed by atoms with Crippen molar-refractivity contribution in [3.63, 3.8) is 0 Å². The van der Waals surface area contributed by atoms with E-state index in [9.17, 15) is 13.2 Å². The summed E-state index contributed by atoms with van der Waals surface area (Å²) in [5.74, 6) is -0.939. The second kappa shape index (κ2) is 7.11. The van der Waals surface area contributed by atoms with Gasteiger partial charge in [-0.15, -0.1) is 0 Å². The largest absolute Gasteiger partial charge is 0.289 e. The van der Waals surface area contributed by atoms with E-state index in [1.807, 2.05) is 42.5 Å². The van der Waals surface area contributed by atoms with Crippen LogP contribution < -0.4 is 5.48 Å². The van der Waals surface area contributed by atoms with Crippen LogP contribution in [0.2, 0.25) is 0 Å². The Kier molecular flexibility index (Phi) is 5.36. The molecule has 0 bridgehead atoms. The van der Waals surface area contributed by atoms with Gasteiger partial charge < -0.3 is 0 Å². The zero-order valence-electron chi connectivity index (χ0n) is 13.6. The Balaban J connectivity index is 2.15. The first-order chi connectivity index (χ1) is 11.3. The van der Waals surface area contributed by atoms with Crippen molar-refractivity contribution in [3.8, 4) is 11.1 Å². The Bertz CT molecular complexity index is 804. The Morgan fingerprint density at radius 3 is 2.33 bits per heavy atom. The number of hydrogen-bond acceptors (Lipinski definition) is 5. The van der Waals surface area contributed by atoms with Crippen LogP contribution in [0.5, 0.6) is 0 Å². The molecule has 1 aromatic heterocycles. The van der Waals surface area contributed by atoms with Crippen molar-refractivity contribution in [2.45, 2.75) is 24.5 Å². The molecule has 0 radical (unpaired) electrons. The summed E-state index contributed by atoms with van der Waals surface area (Å²) in [6, 6.07) is 13.5. The van der Waals surface area contributed by atoms with E-state index in [0.717, 1.165) is 17.4 Å². The minimum absolute atomic E-state index is 0.0237. The van der Waals surface area contributed by atoms with Crippen LogP contribution in [-0.4, -0.2) is 35.5 Å². The Morgan fingerprint density at radius 1 is 1.17 bits per heavy atom. The van der Waals surface area contributed by atoms with Crippen molar-refractivity contribution in [2.24, 2.45) is 0 Å². The normalized spacial score (nSPS) is 14.0. The maximum absolute atomic E-state index is 11.9. The summed E-state index contributed by atoms with van der Waals surface area (Å²) in [7, 11) is -3.70. The molecule has 0 aliphatic heterocycles. The quantitative estimate of drug-likeness (QED) is 0.615. The highest BCUT2D eigenvalue weighted by molar-refractivity contribution is 7.92. The molecule has 0 unspecified atom stereocenters. The van der Waals surface area contributed by atoms with Gasteiger partial charge in [-0.25, -0.2) is 13.9 Å². The zero-order valence-corrected chi connectivity index (χ0v) is 14.4. The monoisotopic (exact) mass is 348 g/mol. The standard InChI is InChI=1S/C17H20N2O4S/c1-17(16(20)19-21,24(2,22)23)11-10-15-9-8-14(12-18-15)13-6-4-3-5-7-13/h3-9,12,21H,10-11H2,1-2H3,(H,19,20)/t17-/m0/s1. The van der Waals surface area contributed by atoms with Gasteiger partial charge in [0.2, 0.25) is 0 Å². The molecule has 1 amide bonds. The van der Waals surface area contributed by atoms with Crippen molar-refractivity contribution in [2.75, 3.05) is 6.26 Å². The predicted molar refractivity (Wildman–Crippen MR) is 91.2 cm³/mol. The molecule has 0 saturated carbocycles. The fourth-order valence-electron chi connectivity index (χ4n) is 2.33. The molecular weight excluding hydrogens is 328 g/mol. The van der Waals surface area contributed by atoms with Crippen LogP contribution in [-0.2, 0) is 21.1 Å². The molecule has 0 saturated heterocycles. The molecular formula is C17H20N2O4S. The molecule has 6 nitrogen and oxygen atoms in total. The van der Waals surface area contributed by atoms with Crippen molar-refractivity contribution in [3.05, 3.63) is 54.4 Å². The summed E-state index contributed by atoms with van der Waals surface area (Å²) in [4.78, 5) is 16.1. The smallest absolute Gasteiger partial charge is 0.264 e. The van der Waals surface area contributed by atoms with Crippen molar-refractivity contribution in [1.29, 1.82) is 0 Å². The zero-order chi connectivity index (χ0) is 17.8. The molecule has 0 fully saturated rings. The molecule has 1 atom stereocenters. The second-order valence-corrected chi connectivity index (χ2v) is 8.29. The average molecular weight is 348 g/mol. The maximum Gasteiger partial charge on any atom is 0.264 e. The lowest BCUT2D eigenvalue weighted by Gasteiger charge is -2.24. The van der Waals surface area contributed by atoms with E-state index in [1.165, 1.54) is 12.4 Å². The molecule has 24 heavy (non-hydrogen) atoms. The van der Waals surface area contributed by atoms with E-state index in [4.69, 9.17) is 5.21 Å². The molecule has 1 heterocycles. The van der Waals surface area contributed by atoms with Gasteiger partial charge in [0.25, 0.3) is 5.91 Å². The molecule has 0 aliphatic rings. The number of carbonyl (C=O) groups excluding carboxylic acids is 1. The van der Waals surface area contributed by atoms with Crippen LogP contribution in [0, 0.1) is 0 Å². The number of aryl methyl sites for hydroxylation is 1. The molecule has 7 heteroatoms. The van der Waals surface area contributed by atoms with Gasteiger partial charge in [-0.3, -0.25) is 15.0 Å². The predicted octanol–water partition coefficient (Wildman–Crippen LogP) is 1.99. The molecule has 1 aromatic carbocycles. The number of pyridine rings is 1. The average Bonchev–Trinajstić information content (AvgIpc) is 2.59. The van der Waals surface area contributed by atoms with Gasteiger partial charge in [0.05, 0.1) is 0 Å². The van der Waals surface area contributed by atoms with Crippen molar-refractivity contribution in [1.82, 2.24) is 10.5 Å². The number of benzene rings is 1. The number of aromatic nitrogens is 1. The topological polar surface area (TPSA) is 96.4 Å². The van der Waals surface area contributed by atoms with Crippen molar-refractivity contribution < 1.29 is 18.4 Å². The van der Waals surface area contributed by atoms with Crippen LogP contribution in [0.25, 0.3) is 11.1 Å². The van der Waals surface area contributed by atoms with Crippen molar-refractivity contribution >= 4 is 15.7 Å². The van der Waals surface area contributed by atoms with Crippen LogP contribution >= 0.6 is 0 Å². The van der Waals surface area contributed by atoms with E-state index in [2.05, 4.69) is 4.98 Å². The van der Waals surface area contributed by atoms with E-state index in [-0.39, 0.29) is 6.42 Å². The fraction of sp³-hybridized carbons (Fsp3) is 0.294. The van der Waals surface area contributed by atoms with Gasteiger partial charge in [-0.05, 0) is 31.4 Å². The third-order valence-corrected chi connectivity index (χ3v) is 6.22. The highest BCUT2D eigenvalue weighted by atomic mass is 32.2. The minimum atomic E-state index is -3.70. The first-order valence-electron chi connectivity index (χ1n) is 7.42. The van der Waals surface area contributed by atoms with Crippen LogP contribution in [0.4, 0.5) is 0 Å². The third kappa shape index (κ3) is 3.80. The fourth-order valence-corrected chi connectivity index (χ4v) is 3.18. The van der Waals surface area contributed by atoms with E-state index < -0.39 is 20.5 Å². The number of hydrogen-bond donors (Lipinski definition) is 2. The summed E-state index contributed by atoms with van der Waals surface area (Å²) in [6.07, 6.45) is 3.02. The lowest BCUT2D eigenvalue weighted by molar-refractivity contribution is -0.131. The Morgan fingerprint density at radius 2 is 1.83 bits per heavy atom. The number of rotatable bonds is 6. The molecule has 128 valence electrons. The number of sulfone groups is 1. The number of amides is 1. The second-order valence-electron chi connectivity index (χ2n) is 5.85. The van der Waals surface area contributed by atoms with Gasteiger partial charge in [-0.2, -0.15) is 0 Å². The number of nitrogens with zero attached hydrogens (tertiary/aromatic N) is 1. The Hall–Kier alpha value is -2.25.